The van der Waals surface area contributed by atoms with E-state index in [0.717, 1.165) is 31.5 Å². The summed E-state index contributed by atoms with van der Waals surface area (Å²) in [5.41, 5.74) is 2.49. The standard InChI is InChI=1S/C25H26FN7OS/c1-3-27-24(34)32-25-31-21-20(26)17(12-18(22(21)35-25)19-6-4-5-9-28-19)16-13-29-23(30-14-16)33-10-7-15(2)8-11-33/h4-6,9,12-15H,3,7-8,10-11H2,1-2H3,(H2,27,31,32,34). The molecule has 1 aromatic carbocycles. The molecule has 3 aromatic heterocycles. The number of carbonyl (C=O) groups is 1. The predicted molar refractivity (Wildman–Crippen MR) is 137 cm³/mol. The highest BCUT2D eigenvalue weighted by Crippen LogP contribution is 2.40. The van der Waals surface area contributed by atoms with Crippen LogP contribution in [-0.2, 0) is 0 Å². The molecular weight excluding hydrogens is 465 g/mol. The average molecular weight is 492 g/mol. The Morgan fingerprint density at radius 2 is 1.94 bits per heavy atom. The maximum Gasteiger partial charge on any atom is 0.321 e. The summed E-state index contributed by atoms with van der Waals surface area (Å²) in [6.45, 7) is 6.40. The summed E-state index contributed by atoms with van der Waals surface area (Å²) < 4.78 is 16.4. The van der Waals surface area contributed by atoms with Crippen LogP contribution in [0.4, 0.5) is 20.3 Å². The van der Waals surface area contributed by atoms with Crippen molar-refractivity contribution in [3.8, 4) is 22.4 Å². The zero-order valence-corrected chi connectivity index (χ0v) is 20.4. The second kappa shape index (κ2) is 9.91. The van der Waals surface area contributed by atoms with Crippen molar-refractivity contribution in [1.29, 1.82) is 0 Å². The van der Waals surface area contributed by atoms with Crippen molar-refractivity contribution in [1.82, 2.24) is 25.3 Å². The first-order valence-corrected chi connectivity index (χ1v) is 12.5. The van der Waals surface area contributed by atoms with E-state index in [1.807, 2.05) is 25.1 Å². The molecule has 4 heterocycles. The number of carbonyl (C=O) groups excluding carboxylic acids is 1. The van der Waals surface area contributed by atoms with Crippen LogP contribution in [0.1, 0.15) is 26.7 Å². The van der Waals surface area contributed by atoms with Crippen LogP contribution in [-0.4, -0.2) is 45.6 Å². The van der Waals surface area contributed by atoms with E-state index >= 15 is 4.39 Å². The number of benzene rings is 1. The zero-order chi connectivity index (χ0) is 24.4. The van der Waals surface area contributed by atoms with Crippen molar-refractivity contribution in [3.05, 3.63) is 48.7 Å². The quantitative estimate of drug-likeness (QED) is 0.392. The molecule has 2 N–H and O–H groups in total. The van der Waals surface area contributed by atoms with Gasteiger partial charge < -0.3 is 10.2 Å². The Labute approximate surface area is 206 Å². The fourth-order valence-electron chi connectivity index (χ4n) is 4.16. The van der Waals surface area contributed by atoms with Crippen LogP contribution in [0.2, 0.25) is 0 Å². The molecule has 4 aromatic rings. The van der Waals surface area contributed by atoms with Crippen LogP contribution in [0.15, 0.2) is 42.9 Å². The molecule has 180 valence electrons. The summed E-state index contributed by atoms with van der Waals surface area (Å²) >= 11 is 1.21. The first kappa shape index (κ1) is 23.1. The maximum absolute atomic E-state index is 15.8. The maximum atomic E-state index is 15.8. The van der Waals surface area contributed by atoms with E-state index in [-0.39, 0.29) is 11.5 Å². The predicted octanol–water partition coefficient (Wildman–Crippen LogP) is 5.33. The van der Waals surface area contributed by atoms with Crippen LogP contribution < -0.4 is 15.5 Å². The molecule has 8 nitrogen and oxygen atoms in total. The van der Waals surface area contributed by atoms with E-state index in [2.05, 4.69) is 42.4 Å². The number of urea groups is 1. The van der Waals surface area contributed by atoms with Crippen molar-refractivity contribution >= 4 is 38.7 Å². The minimum absolute atomic E-state index is 0.175. The average Bonchev–Trinajstić information content (AvgIpc) is 3.30. The Bertz CT molecular complexity index is 1340. The summed E-state index contributed by atoms with van der Waals surface area (Å²) in [6, 6.07) is 6.94. The van der Waals surface area contributed by atoms with Gasteiger partial charge in [0.15, 0.2) is 10.9 Å². The van der Waals surface area contributed by atoms with E-state index in [1.54, 1.807) is 24.7 Å². The summed E-state index contributed by atoms with van der Waals surface area (Å²) in [6.07, 6.45) is 7.23. The Kier molecular flexibility index (Phi) is 6.54. The fourth-order valence-corrected chi connectivity index (χ4v) is 5.14. The number of thiazole rings is 1. The molecule has 1 aliphatic rings. The lowest BCUT2D eigenvalue weighted by atomic mass is 9.99. The van der Waals surface area contributed by atoms with Gasteiger partial charge in [0.2, 0.25) is 5.95 Å². The van der Waals surface area contributed by atoms with E-state index in [0.29, 0.717) is 45.1 Å². The summed E-state index contributed by atoms with van der Waals surface area (Å²) in [7, 11) is 0. The third kappa shape index (κ3) is 4.79. The number of hydrogen-bond donors (Lipinski definition) is 2. The molecule has 1 fully saturated rings. The monoisotopic (exact) mass is 491 g/mol. The number of amides is 2. The summed E-state index contributed by atoms with van der Waals surface area (Å²) in [5.74, 6) is 0.888. The van der Waals surface area contributed by atoms with Crippen molar-refractivity contribution in [3.63, 3.8) is 0 Å². The molecule has 1 aliphatic heterocycles. The molecule has 0 atom stereocenters. The number of fused-ring (bicyclic) bond motifs is 1. The van der Waals surface area contributed by atoms with Crippen molar-refractivity contribution in [2.24, 2.45) is 5.92 Å². The molecule has 0 saturated carbocycles. The number of halogens is 1. The van der Waals surface area contributed by atoms with Gasteiger partial charge in [-0.3, -0.25) is 10.3 Å². The minimum atomic E-state index is -0.483. The van der Waals surface area contributed by atoms with Gasteiger partial charge in [-0.1, -0.05) is 24.3 Å². The van der Waals surface area contributed by atoms with Crippen LogP contribution in [0, 0.1) is 11.7 Å². The molecule has 2 amide bonds. The number of piperidine rings is 1. The Morgan fingerprint density at radius 3 is 2.63 bits per heavy atom. The van der Waals surface area contributed by atoms with Gasteiger partial charge >= 0.3 is 6.03 Å². The molecule has 1 saturated heterocycles. The SMILES string of the molecule is CCNC(=O)Nc1nc2c(F)c(-c3cnc(N4CCC(C)CC4)nc3)cc(-c3ccccn3)c2s1. The van der Waals surface area contributed by atoms with Crippen LogP contribution in [0.25, 0.3) is 32.6 Å². The summed E-state index contributed by atoms with van der Waals surface area (Å²) in [4.78, 5) is 32.1. The van der Waals surface area contributed by atoms with Crippen LogP contribution in [0.3, 0.4) is 0 Å². The number of anilines is 2. The Hall–Kier alpha value is -3.66. The van der Waals surface area contributed by atoms with Gasteiger partial charge in [-0.2, -0.15) is 0 Å². The van der Waals surface area contributed by atoms with E-state index in [9.17, 15) is 4.79 Å². The van der Waals surface area contributed by atoms with E-state index < -0.39 is 5.82 Å². The molecule has 10 heteroatoms. The molecule has 0 unspecified atom stereocenters. The Morgan fingerprint density at radius 1 is 1.17 bits per heavy atom. The lowest BCUT2D eigenvalue weighted by Crippen LogP contribution is -2.33. The second-order valence-corrected chi connectivity index (χ2v) is 9.62. The second-order valence-electron chi connectivity index (χ2n) is 8.62. The molecule has 0 bridgehead atoms. The highest BCUT2D eigenvalue weighted by Gasteiger charge is 2.22. The van der Waals surface area contributed by atoms with Gasteiger partial charge in [0.05, 0.1) is 10.4 Å². The molecule has 35 heavy (non-hydrogen) atoms. The van der Waals surface area contributed by atoms with Crippen molar-refractivity contribution in [2.45, 2.75) is 26.7 Å². The first-order valence-electron chi connectivity index (χ1n) is 11.7. The zero-order valence-electron chi connectivity index (χ0n) is 19.6. The van der Waals surface area contributed by atoms with E-state index in [4.69, 9.17) is 0 Å². The minimum Gasteiger partial charge on any atom is -0.341 e. The van der Waals surface area contributed by atoms with Crippen LogP contribution >= 0.6 is 11.3 Å². The first-order chi connectivity index (χ1) is 17.0. The van der Waals surface area contributed by atoms with Gasteiger partial charge in [-0.25, -0.2) is 24.1 Å². The number of hydrogen-bond acceptors (Lipinski definition) is 7. The molecule has 0 spiro atoms. The number of nitrogens with zero attached hydrogens (tertiary/aromatic N) is 5. The molecular formula is C25H26FN7OS. The number of rotatable bonds is 5. The van der Waals surface area contributed by atoms with Gasteiger partial charge in [0.1, 0.15) is 5.52 Å². The summed E-state index contributed by atoms with van der Waals surface area (Å²) in [5, 5.41) is 5.66. The van der Waals surface area contributed by atoms with Crippen LogP contribution in [0.5, 0.6) is 0 Å². The molecule has 5 rings (SSSR count). The molecule has 0 aliphatic carbocycles. The van der Waals surface area contributed by atoms with Crippen molar-refractivity contribution in [2.75, 3.05) is 29.9 Å². The van der Waals surface area contributed by atoms with Crippen molar-refractivity contribution < 1.29 is 9.18 Å². The van der Waals surface area contributed by atoms with Gasteiger partial charge in [-0.15, -0.1) is 0 Å². The van der Waals surface area contributed by atoms with Gasteiger partial charge in [0.25, 0.3) is 0 Å². The lowest BCUT2D eigenvalue weighted by molar-refractivity contribution is 0.252. The highest BCUT2D eigenvalue weighted by atomic mass is 32.1. The number of nitrogens with one attached hydrogen (secondary N) is 2. The van der Waals surface area contributed by atoms with Gasteiger partial charge in [-0.05, 0) is 43.9 Å². The number of pyridine rings is 1. The van der Waals surface area contributed by atoms with Gasteiger partial charge in [0, 0.05) is 54.9 Å². The largest absolute Gasteiger partial charge is 0.341 e. The lowest BCUT2D eigenvalue weighted by Gasteiger charge is -2.30. The topological polar surface area (TPSA) is 95.9 Å². The highest BCUT2D eigenvalue weighted by molar-refractivity contribution is 7.22. The fraction of sp³-hybridized carbons (Fsp3) is 0.320. The van der Waals surface area contributed by atoms with E-state index in [1.165, 1.54) is 11.3 Å². The third-order valence-electron chi connectivity index (χ3n) is 6.12. The smallest absolute Gasteiger partial charge is 0.321 e. The Balaban J connectivity index is 1.56. The molecule has 0 radical (unpaired) electrons. The third-order valence-corrected chi connectivity index (χ3v) is 7.12. The number of aromatic nitrogens is 4. The normalized spacial score (nSPS) is 14.3.